The van der Waals surface area contributed by atoms with Gasteiger partial charge in [0.05, 0.1) is 6.04 Å². The highest BCUT2D eigenvalue weighted by Crippen LogP contribution is 2.22. The van der Waals surface area contributed by atoms with Crippen LogP contribution in [0.2, 0.25) is 5.02 Å². The maximum atomic E-state index is 10.1. The Morgan fingerprint density at radius 3 is 2.28 bits per heavy atom. The van der Waals surface area contributed by atoms with Crippen LogP contribution >= 0.6 is 11.6 Å². The van der Waals surface area contributed by atoms with Gasteiger partial charge in [-0.05, 0) is 30.2 Å². The SMILES string of the molecule is CC(c1ccc(Cl)cc1)N(O)Cc1ccccc1. The van der Waals surface area contributed by atoms with E-state index in [9.17, 15) is 5.21 Å². The van der Waals surface area contributed by atoms with Crippen LogP contribution in [0.5, 0.6) is 0 Å². The van der Waals surface area contributed by atoms with E-state index in [0.717, 1.165) is 11.1 Å². The molecule has 1 N–H and O–H groups in total. The van der Waals surface area contributed by atoms with Gasteiger partial charge in [0.2, 0.25) is 0 Å². The van der Waals surface area contributed by atoms with Crippen LogP contribution in [-0.2, 0) is 6.54 Å². The van der Waals surface area contributed by atoms with Gasteiger partial charge in [-0.25, -0.2) is 0 Å². The lowest BCUT2D eigenvalue weighted by Gasteiger charge is -2.23. The second kappa shape index (κ2) is 6.01. The fourth-order valence-corrected chi connectivity index (χ4v) is 1.95. The Hall–Kier alpha value is -1.35. The van der Waals surface area contributed by atoms with Crippen LogP contribution < -0.4 is 0 Å². The van der Waals surface area contributed by atoms with Crippen molar-refractivity contribution in [1.29, 1.82) is 0 Å². The molecule has 0 aliphatic rings. The van der Waals surface area contributed by atoms with Crippen molar-refractivity contribution in [2.75, 3.05) is 0 Å². The fourth-order valence-electron chi connectivity index (χ4n) is 1.82. The molecule has 0 bridgehead atoms. The average Bonchev–Trinajstić information content (AvgIpc) is 2.40. The Kier molecular flexibility index (Phi) is 4.37. The Morgan fingerprint density at radius 1 is 1.06 bits per heavy atom. The summed E-state index contributed by atoms with van der Waals surface area (Å²) in [6.45, 7) is 2.47. The Bertz CT molecular complexity index is 484. The highest BCUT2D eigenvalue weighted by atomic mass is 35.5. The van der Waals surface area contributed by atoms with E-state index in [4.69, 9.17) is 11.6 Å². The molecule has 3 heteroatoms. The zero-order valence-electron chi connectivity index (χ0n) is 10.3. The third kappa shape index (κ3) is 3.33. The summed E-state index contributed by atoms with van der Waals surface area (Å²) in [4.78, 5) is 0. The average molecular weight is 262 g/mol. The van der Waals surface area contributed by atoms with Gasteiger partial charge in [0.1, 0.15) is 0 Å². The van der Waals surface area contributed by atoms with Gasteiger partial charge in [0.15, 0.2) is 0 Å². The maximum Gasteiger partial charge on any atom is 0.0575 e. The predicted octanol–water partition coefficient (Wildman–Crippen LogP) is 4.29. The first-order valence-electron chi connectivity index (χ1n) is 5.92. The van der Waals surface area contributed by atoms with Crippen molar-refractivity contribution in [1.82, 2.24) is 5.06 Å². The van der Waals surface area contributed by atoms with E-state index in [1.165, 1.54) is 5.06 Å². The standard InChI is InChI=1S/C15H16ClNO/c1-12(14-7-9-15(16)10-8-14)17(18)11-13-5-3-2-4-6-13/h2-10,12,18H,11H2,1H3. The molecule has 1 atom stereocenters. The van der Waals surface area contributed by atoms with Crippen molar-refractivity contribution in [3.8, 4) is 0 Å². The molecule has 0 amide bonds. The molecule has 0 fully saturated rings. The molecule has 0 saturated carbocycles. The van der Waals surface area contributed by atoms with Gasteiger partial charge in [-0.3, -0.25) is 0 Å². The molecule has 94 valence electrons. The molecule has 0 heterocycles. The summed E-state index contributed by atoms with van der Waals surface area (Å²) in [5, 5.41) is 12.1. The highest BCUT2D eigenvalue weighted by molar-refractivity contribution is 6.30. The summed E-state index contributed by atoms with van der Waals surface area (Å²) >= 11 is 5.85. The number of halogens is 1. The minimum Gasteiger partial charge on any atom is -0.313 e. The molecule has 18 heavy (non-hydrogen) atoms. The van der Waals surface area contributed by atoms with E-state index in [0.29, 0.717) is 11.6 Å². The molecule has 0 radical (unpaired) electrons. The number of nitrogens with zero attached hydrogens (tertiary/aromatic N) is 1. The van der Waals surface area contributed by atoms with Crippen LogP contribution in [0.25, 0.3) is 0 Å². The number of hydrogen-bond acceptors (Lipinski definition) is 2. The topological polar surface area (TPSA) is 23.5 Å². The van der Waals surface area contributed by atoms with Crippen LogP contribution in [0.3, 0.4) is 0 Å². The largest absolute Gasteiger partial charge is 0.313 e. The van der Waals surface area contributed by atoms with Gasteiger partial charge >= 0.3 is 0 Å². The predicted molar refractivity (Wildman–Crippen MR) is 73.6 cm³/mol. The quantitative estimate of drug-likeness (QED) is 0.830. The highest BCUT2D eigenvalue weighted by Gasteiger charge is 2.13. The molecule has 2 nitrogen and oxygen atoms in total. The molecule has 0 saturated heterocycles. The summed E-state index contributed by atoms with van der Waals surface area (Å²) in [7, 11) is 0. The van der Waals surface area contributed by atoms with E-state index in [2.05, 4.69) is 0 Å². The molecule has 0 aliphatic carbocycles. The molecule has 2 rings (SSSR count). The lowest BCUT2D eigenvalue weighted by molar-refractivity contribution is -0.132. The van der Waals surface area contributed by atoms with Crippen molar-refractivity contribution in [2.24, 2.45) is 0 Å². The van der Waals surface area contributed by atoms with Gasteiger partial charge in [-0.2, -0.15) is 5.06 Å². The van der Waals surface area contributed by atoms with E-state index >= 15 is 0 Å². The van der Waals surface area contributed by atoms with E-state index in [-0.39, 0.29) is 6.04 Å². The van der Waals surface area contributed by atoms with Gasteiger partial charge in [-0.15, -0.1) is 0 Å². The van der Waals surface area contributed by atoms with Crippen LogP contribution in [0.1, 0.15) is 24.1 Å². The monoisotopic (exact) mass is 261 g/mol. The Morgan fingerprint density at radius 2 is 1.67 bits per heavy atom. The first kappa shape index (κ1) is 13.1. The molecular weight excluding hydrogens is 246 g/mol. The second-order valence-electron chi connectivity index (χ2n) is 4.31. The van der Waals surface area contributed by atoms with Crippen molar-refractivity contribution >= 4 is 11.6 Å². The minimum atomic E-state index is -0.0672. The smallest absolute Gasteiger partial charge is 0.0575 e. The third-order valence-corrected chi connectivity index (χ3v) is 3.24. The zero-order chi connectivity index (χ0) is 13.0. The van der Waals surface area contributed by atoms with Crippen LogP contribution in [-0.4, -0.2) is 10.3 Å². The minimum absolute atomic E-state index is 0.0672. The van der Waals surface area contributed by atoms with Crippen molar-refractivity contribution in [2.45, 2.75) is 19.5 Å². The fraction of sp³-hybridized carbons (Fsp3) is 0.200. The lowest BCUT2D eigenvalue weighted by atomic mass is 10.1. The Labute approximate surface area is 112 Å². The molecular formula is C15H16ClNO. The van der Waals surface area contributed by atoms with Gasteiger partial charge in [0, 0.05) is 11.6 Å². The molecule has 2 aromatic carbocycles. The number of hydrogen-bond donors (Lipinski definition) is 1. The van der Waals surface area contributed by atoms with Crippen molar-refractivity contribution in [3.63, 3.8) is 0 Å². The molecule has 0 aromatic heterocycles. The Balaban J connectivity index is 2.05. The van der Waals surface area contributed by atoms with Crippen LogP contribution in [0.15, 0.2) is 54.6 Å². The molecule has 0 aliphatic heterocycles. The van der Waals surface area contributed by atoms with Gasteiger partial charge in [0.25, 0.3) is 0 Å². The first-order valence-corrected chi connectivity index (χ1v) is 6.29. The number of rotatable bonds is 4. The maximum absolute atomic E-state index is 10.1. The third-order valence-electron chi connectivity index (χ3n) is 2.99. The molecule has 1 unspecified atom stereocenters. The normalized spacial score (nSPS) is 12.7. The molecule has 0 spiro atoms. The lowest BCUT2D eigenvalue weighted by Crippen LogP contribution is -2.22. The summed E-state index contributed by atoms with van der Waals surface area (Å²) in [6, 6.07) is 17.4. The van der Waals surface area contributed by atoms with E-state index in [1.807, 2.05) is 61.5 Å². The summed E-state index contributed by atoms with van der Waals surface area (Å²) in [5.41, 5.74) is 2.12. The summed E-state index contributed by atoms with van der Waals surface area (Å²) in [5.74, 6) is 0. The van der Waals surface area contributed by atoms with Crippen LogP contribution in [0, 0.1) is 0 Å². The second-order valence-corrected chi connectivity index (χ2v) is 4.75. The van der Waals surface area contributed by atoms with Gasteiger partial charge < -0.3 is 5.21 Å². The number of benzene rings is 2. The number of hydroxylamine groups is 2. The van der Waals surface area contributed by atoms with Crippen molar-refractivity contribution < 1.29 is 5.21 Å². The molecule has 2 aromatic rings. The van der Waals surface area contributed by atoms with E-state index < -0.39 is 0 Å². The van der Waals surface area contributed by atoms with Crippen molar-refractivity contribution in [3.05, 3.63) is 70.7 Å². The van der Waals surface area contributed by atoms with E-state index in [1.54, 1.807) is 0 Å². The van der Waals surface area contributed by atoms with Crippen LogP contribution in [0.4, 0.5) is 0 Å². The zero-order valence-corrected chi connectivity index (χ0v) is 11.0. The van der Waals surface area contributed by atoms with Gasteiger partial charge in [-0.1, -0.05) is 54.1 Å². The summed E-state index contributed by atoms with van der Waals surface area (Å²) < 4.78 is 0. The first-order chi connectivity index (χ1) is 8.66. The summed E-state index contributed by atoms with van der Waals surface area (Å²) in [6.07, 6.45) is 0.